The molecule has 2 aromatic rings. The van der Waals surface area contributed by atoms with Crippen LogP contribution in [-0.4, -0.2) is 31.3 Å². The van der Waals surface area contributed by atoms with E-state index in [-0.39, 0.29) is 10.3 Å². The van der Waals surface area contributed by atoms with Crippen molar-refractivity contribution in [2.45, 2.75) is 0 Å². The molecule has 0 radical (unpaired) electrons. The molecule has 7 heteroatoms. The van der Waals surface area contributed by atoms with Crippen molar-refractivity contribution in [1.29, 1.82) is 0 Å². The lowest BCUT2D eigenvalue weighted by atomic mass is 10.2. The fourth-order valence-electron chi connectivity index (χ4n) is 1.20. The molecule has 2 N–H and O–H groups in total. The molecule has 0 saturated heterocycles. The van der Waals surface area contributed by atoms with E-state index in [1.807, 2.05) is 0 Å². The van der Waals surface area contributed by atoms with Crippen molar-refractivity contribution >= 4 is 18.2 Å². The summed E-state index contributed by atoms with van der Waals surface area (Å²) in [4.78, 5) is 10.9. The highest BCUT2D eigenvalue weighted by Crippen LogP contribution is 2.12. The monoisotopic (exact) mass is 222 g/mol. The van der Waals surface area contributed by atoms with Crippen molar-refractivity contribution in [2.24, 2.45) is 0 Å². The van der Waals surface area contributed by atoms with Gasteiger partial charge in [0.05, 0.1) is 11.3 Å². The number of carbonyl (C=O) groups is 1. The van der Waals surface area contributed by atoms with Crippen LogP contribution >= 0.6 is 12.2 Å². The Hall–Kier alpha value is -2.02. The molecular formula is C8H6N4O2S. The van der Waals surface area contributed by atoms with Crippen LogP contribution in [0.25, 0.3) is 5.69 Å². The third kappa shape index (κ3) is 1.64. The highest BCUT2D eigenvalue weighted by Gasteiger charge is 2.11. The average Bonchev–Trinajstić information content (AvgIpc) is 2.64. The van der Waals surface area contributed by atoms with Crippen LogP contribution in [0.2, 0.25) is 0 Å². The maximum absolute atomic E-state index is 10.9. The van der Waals surface area contributed by atoms with Crippen LogP contribution in [0.1, 0.15) is 10.4 Å². The van der Waals surface area contributed by atoms with E-state index in [4.69, 9.17) is 17.3 Å². The lowest BCUT2D eigenvalue weighted by Crippen LogP contribution is -2.06. The summed E-state index contributed by atoms with van der Waals surface area (Å²) in [5.74, 6) is -1.03. The third-order valence-electron chi connectivity index (χ3n) is 1.85. The van der Waals surface area contributed by atoms with E-state index in [1.165, 1.54) is 10.7 Å². The first-order valence-electron chi connectivity index (χ1n) is 4.03. The lowest BCUT2D eigenvalue weighted by Gasteiger charge is -2.04. The molecule has 6 nitrogen and oxygen atoms in total. The Labute approximate surface area is 89.2 Å². The molecule has 0 amide bonds. The minimum absolute atomic E-state index is 0.139. The van der Waals surface area contributed by atoms with Crippen LogP contribution in [-0.2, 0) is 0 Å². The molecule has 0 aliphatic rings. The molecule has 1 aromatic heterocycles. The minimum Gasteiger partial charge on any atom is -0.478 e. The van der Waals surface area contributed by atoms with Crippen molar-refractivity contribution < 1.29 is 9.90 Å². The number of hydrogen-bond acceptors (Lipinski definition) is 4. The standard InChI is InChI=1S/C8H6N4O2S/c13-7(14)5-3-1-2-4-6(5)12-8(15)9-10-11-12/h1-4H,(H,13,14)(H,9,11,15). The zero-order valence-corrected chi connectivity index (χ0v) is 8.23. The molecule has 0 unspecified atom stereocenters. The van der Waals surface area contributed by atoms with Gasteiger partial charge in [-0.05, 0) is 24.4 Å². The molecule has 0 atom stereocenters. The van der Waals surface area contributed by atoms with E-state index < -0.39 is 5.97 Å². The van der Waals surface area contributed by atoms with Crippen LogP contribution < -0.4 is 0 Å². The summed E-state index contributed by atoms with van der Waals surface area (Å²) in [6.45, 7) is 0. The van der Waals surface area contributed by atoms with Gasteiger partial charge in [-0.15, -0.1) is 0 Å². The van der Waals surface area contributed by atoms with Gasteiger partial charge >= 0.3 is 5.97 Å². The zero-order valence-electron chi connectivity index (χ0n) is 7.41. The number of aromatic nitrogens is 4. The van der Waals surface area contributed by atoms with Crippen molar-refractivity contribution in [2.75, 3.05) is 0 Å². The molecule has 1 aromatic carbocycles. The van der Waals surface area contributed by atoms with Gasteiger partial charge in [0.2, 0.25) is 4.77 Å². The largest absolute Gasteiger partial charge is 0.478 e. The molecule has 0 fully saturated rings. The SMILES string of the molecule is O=C(O)c1ccccc1-n1[nH]nnc1=S. The highest BCUT2D eigenvalue weighted by molar-refractivity contribution is 7.71. The first kappa shape index (κ1) is 9.53. The second-order valence-electron chi connectivity index (χ2n) is 2.74. The first-order valence-corrected chi connectivity index (χ1v) is 4.44. The van der Waals surface area contributed by atoms with Gasteiger partial charge in [0.1, 0.15) is 0 Å². The van der Waals surface area contributed by atoms with Gasteiger partial charge in [-0.2, -0.15) is 5.21 Å². The maximum atomic E-state index is 10.9. The van der Waals surface area contributed by atoms with Crippen LogP contribution in [0.4, 0.5) is 0 Å². The van der Waals surface area contributed by atoms with Gasteiger partial charge in [0.15, 0.2) is 0 Å². The molecule has 0 aliphatic carbocycles. The minimum atomic E-state index is -1.03. The van der Waals surface area contributed by atoms with Gasteiger partial charge < -0.3 is 5.11 Å². The predicted octanol–water partition coefficient (Wildman–Crippen LogP) is 1.02. The summed E-state index contributed by atoms with van der Waals surface area (Å²) in [6.07, 6.45) is 0. The number of aromatic carboxylic acids is 1. The fourth-order valence-corrected chi connectivity index (χ4v) is 1.38. The Morgan fingerprint density at radius 3 is 2.80 bits per heavy atom. The molecule has 0 spiro atoms. The second-order valence-corrected chi connectivity index (χ2v) is 3.11. The number of aromatic amines is 1. The maximum Gasteiger partial charge on any atom is 0.337 e. The lowest BCUT2D eigenvalue weighted by molar-refractivity contribution is 0.0696. The molecule has 0 bridgehead atoms. The van der Waals surface area contributed by atoms with E-state index in [0.717, 1.165) is 0 Å². The van der Waals surface area contributed by atoms with Crippen LogP contribution in [0.15, 0.2) is 24.3 Å². The Morgan fingerprint density at radius 1 is 1.47 bits per heavy atom. The van der Waals surface area contributed by atoms with E-state index in [0.29, 0.717) is 5.69 Å². The van der Waals surface area contributed by atoms with Crippen molar-refractivity contribution in [3.63, 3.8) is 0 Å². The number of hydrogen-bond donors (Lipinski definition) is 2. The van der Waals surface area contributed by atoms with Gasteiger partial charge in [-0.25, -0.2) is 9.48 Å². The topological polar surface area (TPSA) is 83.8 Å². The third-order valence-corrected chi connectivity index (χ3v) is 2.11. The summed E-state index contributed by atoms with van der Waals surface area (Å²) >= 11 is 4.88. The fraction of sp³-hybridized carbons (Fsp3) is 0. The van der Waals surface area contributed by atoms with Crippen molar-refractivity contribution in [3.05, 3.63) is 34.6 Å². The molecule has 0 aliphatic heterocycles. The van der Waals surface area contributed by atoms with Crippen LogP contribution in [0, 0.1) is 4.77 Å². The zero-order chi connectivity index (χ0) is 10.8. The second kappa shape index (κ2) is 3.62. The summed E-state index contributed by atoms with van der Waals surface area (Å²) in [6, 6.07) is 6.46. The van der Waals surface area contributed by atoms with Crippen LogP contribution in [0.5, 0.6) is 0 Å². The summed E-state index contributed by atoms with van der Waals surface area (Å²) < 4.78 is 1.52. The average molecular weight is 222 g/mol. The Kier molecular flexibility index (Phi) is 2.30. The molecule has 0 saturated carbocycles. The summed E-state index contributed by atoms with van der Waals surface area (Å²) in [5.41, 5.74) is 0.555. The smallest absolute Gasteiger partial charge is 0.337 e. The first-order chi connectivity index (χ1) is 7.20. The normalized spacial score (nSPS) is 10.1. The van der Waals surface area contributed by atoms with Crippen molar-refractivity contribution in [1.82, 2.24) is 20.2 Å². The predicted molar refractivity (Wildman–Crippen MR) is 53.5 cm³/mol. The molecular weight excluding hydrogens is 216 g/mol. The molecule has 76 valence electrons. The summed E-state index contributed by atoms with van der Waals surface area (Å²) in [7, 11) is 0. The Bertz CT molecular complexity index is 560. The highest BCUT2D eigenvalue weighted by atomic mass is 32.1. The Morgan fingerprint density at radius 2 is 2.20 bits per heavy atom. The number of carboxylic acid groups (broad SMARTS) is 1. The van der Waals surface area contributed by atoms with Crippen LogP contribution in [0.3, 0.4) is 0 Å². The van der Waals surface area contributed by atoms with E-state index in [9.17, 15) is 4.79 Å². The number of rotatable bonds is 2. The number of benzene rings is 1. The number of nitrogens with zero attached hydrogens (tertiary/aromatic N) is 3. The molecule has 1 heterocycles. The number of nitrogens with one attached hydrogen (secondary N) is 1. The van der Waals surface area contributed by atoms with Gasteiger partial charge in [0, 0.05) is 0 Å². The summed E-state index contributed by atoms with van der Waals surface area (Å²) in [5, 5.41) is 18.5. The Balaban J connectivity index is 2.68. The quantitative estimate of drug-likeness (QED) is 0.741. The molecule has 2 rings (SSSR count). The number of H-pyrrole nitrogens is 1. The number of tetrazole rings is 1. The number of para-hydroxylation sites is 1. The van der Waals surface area contributed by atoms with Gasteiger partial charge in [0.25, 0.3) is 0 Å². The van der Waals surface area contributed by atoms with Gasteiger partial charge in [-0.1, -0.05) is 22.4 Å². The van der Waals surface area contributed by atoms with Gasteiger partial charge in [-0.3, -0.25) is 0 Å². The molecule has 15 heavy (non-hydrogen) atoms. The van der Waals surface area contributed by atoms with Crippen molar-refractivity contribution in [3.8, 4) is 5.69 Å². The van der Waals surface area contributed by atoms with E-state index in [2.05, 4.69) is 15.5 Å². The number of carboxylic acids is 1. The van der Waals surface area contributed by atoms with E-state index >= 15 is 0 Å². The van der Waals surface area contributed by atoms with E-state index in [1.54, 1.807) is 18.2 Å².